The number of anilines is 1. The molecule has 0 saturated carbocycles. The van der Waals surface area contributed by atoms with Gasteiger partial charge >= 0.3 is 0 Å². The van der Waals surface area contributed by atoms with Crippen LogP contribution in [0.2, 0.25) is 0 Å². The van der Waals surface area contributed by atoms with Crippen molar-refractivity contribution in [1.82, 2.24) is 20.2 Å². The Morgan fingerprint density at radius 3 is 2.59 bits per heavy atom. The zero-order valence-electron chi connectivity index (χ0n) is 15.1. The Labute approximate surface area is 158 Å². The van der Waals surface area contributed by atoms with Crippen molar-refractivity contribution in [3.63, 3.8) is 0 Å². The van der Waals surface area contributed by atoms with Crippen LogP contribution >= 0.6 is 0 Å². The van der Waals surface area contributed by atoms with Crippen LogP contribution in [0.25, 0.3) is 5.69 Å². The molecule has 0 unspecified atom stereocenters. The quantitative estimate of drug-likeness (QED) is 0.665. The molecular weight excluding hydrogens is 366 g/mol. The standard InChI is InChI=1S/C18H21N5O3S/c1-14(2)15-5-3-7-17(11-15)23(9-10-24)27(25,26)18-8-4-6-16(12-18)22-13-19-20-21-22/h3-8,11-14,24H,9-10H2,1-2H3. The fraction of sp³-hybridized carbons (Fsp3) is 0.278. The third kappa shape index (κ3) is 3.99. The lowest BCUT2D eigenvalue weighted by Gasteiger charge is -2.25. The topological polar surface area (TPSA) is 101 Å². The fourth-order valence-electron chi connectivity index (χ4n) is 2.71. The molecule has 3 aromatic rings. The van der Waals surface area contributed by atoms with Gasteiger partial charge in [-0.3, -0.25) is 4.31 Å². The summed E-state index contributed by atoms with van der Waals surface area (Å²) in [5.41, 5.74) is 2.07. The molecule has 0 spiro atoms. The number of aromatic nitrogens is 4. The Balaban J connectivity index is 2.05. The SMILES string of the molecule is CC(C)c1cccc(N(CCO)S(=O)(=O)c2cccc(-n3cnnn3)c2)c1. The Morgan fingerprint density at radius 1 is 1.15 bits per heavy atom. The predicted octanol–water partition coefficient (Wildman–Crippen LogP) is 1.97. The number of tetrazole rings is 1. The first-order valence-electron chi connectivity index (χ1n) is 8.50. The van der Waals surface area contributed by atoms with Crippen molar-refractivity contribution in [2.45, 2.75) is 24.7 Å². The zero-order chi connectivity index (χ0) is 19.4. The molecule has 0 atom stereocenters. The number of nitrogens with zero attached hydrogens (tertiary/aromatic N) is 5. The van der Waals surface area contributed by atoms with Crippen LogP contribution in [0.15, 0.2) is 59.8 Å². The molecule has 0 aliphatic carbocycles. The molecule has 0 fully saturated rings. The molecule has 2 aromatic carbocycles. The molecule has 1 N–H and O–H groups in total. The molecule has 0 aliphatic heterocycles. The van der Waals surface area contributed by atoms with E-state index in [0.29, 0.717) is 11.4 Å². The van der Waals surface area contributed by atoms with Gasteiger partial charge in [0.25, 0.3) is 10.0 Å². The van der Waals surface area contributed by atoms with Gasteiger partial charge in [0.05, 0.1) is 29.4 Å². The third-order valence-corrected chi connectivity index (χ3v) is 5.97. The first kappa shape index (κ1) is 19.0. The number of benzene rings is 2. The molecule has 0 bridgehead atoms. The van der Waals surface area contributed by atoms with Crippen LogP contribution in [0, 0.1) is 0 Å². The van der Waals surface area contributed by atoms with Crippen molar-refractivity contribution in [2.24, 2.45) is 0 Å². The second-order valence-corrected chi connectivity index (χ2v) is 8.16. The lowest BCUT2D eigenvalue weighted by atomic mass is 10.0. The maximum absolute atomic E-state index is 13.3. The predicted molar refractivity (Wildman–Crippen MR) is 101 cm³/mol. The van der Waals surface area contributed by atoms with Gasteiger partial charge in [-0.2, -0.15) is 0 Å². The van der Waals surface area contributed by atoms with E-state index in [1.54, 1.807) is 18.2 Å². The van der Waals surface area contributed by atoms with Gasteiger partial charge in [-0.25, -0.2) is 13.1 Å². The molecule has 3 rings (SSSR count). The molecule has 142 valence electrons. The molecule has 1 heterocycles. The minimum Gasteiger partial charge on any atom is -0.394 e. The number of aliphatic hydroxyl groups excluding tert-OH is 1. The zero-order valence-corrected chi connectivity index (χ0v) is 15.9. The lowest BCUT2D eigenvalue weighted by molar-refractivity contribution is 0.306. The summed E-state index contributed by atoms with van der Waals surface area (Å²) in [7, 11) is -3.88. The number of hydrogen-bond donors (Lipinski definition) is 1. The highest BCUT2D eigenvalue weighted by atomic mass is 32.2. The van der Waals surface area contributed by atoms with E-state index >= 15 is 0 Å². The van der Waals surface area contributed by atoms with Crippen LogP contribution in [0.5, 0.6) is 0 Å². The van der Waals surface area contributed by atoms with E-state index in [-0.39, 0.29) is 24.0 Å². The van der Waals surface area contributed by atoms with Gasteiger partial charge < -0.3 is 5.11 Å². The van der Waals surface area contributed by atoms with Crippen LogP contribution in [0.3, 0.4) is 0 Å². The lowest BCUT2D eigenvalue weighted by Crippen LogP contribution is -2.33. The van der Waals surface area contributed by atoms with Crippen molar-refractivity contribution in [2.75, 3.05) is 17.5 Å². The van der Waals surface area contributed by atoms with Gasteiger partial charge in [-0.05, 0) is 52.2 Å². The van der Waals surface area contributed by atoms with Crippen LogP contribution < -0.4 is 4.31 Å². The van der Waals surface area contributed by atoms with Crippen molar-refractivity contribution < 1.29 is 13.5 Å². The average molecular weight is 387 g/mol. The highest BCUT2D eigenvalue weighted by Gasteiger charge is 2.25. The fourth-order valence-corrected chi connectivity index (χ4v) is 4.20. The maximum Gasteiger partial charge on any atom is 0.264 e. The number of sulfonamides is 1. The average Bonchev–Trinajstić information content (AvgIpc) is 3.21. The summed E-state index contributed by atoms with van der Waals surface area (Å²) in [5.74, 6) is 0.256. The van der Waals surface area contributed by atoms with Crippen molar-refractivity contribution in [3.8, 4) is 5.69 Å². The summed E-state index contributed by atoms with van der Waals surface area (Å²) < 4.78 is 29.2. The molecule has 27 heavy (non-hydrogen) atoms. The van der Waals surface area contributed by atoms with Crippen molar-refractivity contribution >= 4 is 15.7 Å². The van der Waals surface area contributed by atoms with Gasteiger partial charge in [0.2, 0.25) is 0 Å². The monoisotopic (exact) mass is 387 g/mol. The molecule has 8 nitrogen and oxygen atoms in total. The van der Waals surface area contributed by atoms with Crippen LogP contribution in [0.4, 0.5) is 5.69 Å². The molecule has 1 aromatic heterocycles. The summed E-state index contributed by atoms with van der Waals surface area (Å²) >= 11 is 0. The first-order valence-corrected chi connectivity index (χ1v) is 9.94. The third-order valence-electron chi connectivity index (χ3n) is 4.15. The van der Waals surface area contributed by atoms with Crippen LogP contribution in [-0.2, 0) is 10.0 Å². The Kier molecular flexibility index (Phi) is 5.52. The minimum atomic E-state index is -3.88. The highest BCUT2D eigenvalue weighted by Crippen LogP contribution is 2.27. The Morgan fingerprint density at radius 2 is 1.93 bits per heavy atom. The van der Waals surface area contributed by atoms with E-state index in [1.165, 1.54) is 27.4 Å². The minimum absolute atomic E-state index is 0.0427. The van der Waals surface area contributed by atoms with E-state index in [1.807, 2.05) is 32.0 Å². The normalized spacial score (nSPS) is 11.7. The Bertz CT molecular complexity index is 1000. The van der Waals surface area contributed by atoms with Gasteiger partial charge in [0.1, 0.15) is 6.33 Å². The van der Waals surface area contributed by atoms with E-state index in [2.05, 4.69) is 15.5 Å². The molecule has 0 saturated heterocycles. The molecule has 9 heteroatoms. The van der Waals surface area contributed by atoms with E-state index in [0.717, 1.165) is 5.56 Å². The summed E-state index contributed by atoms with van der Waals surface area (Å²) in [6, 6.07) is 13.7. The van der Waals surface area contributed by atoms with Crippen molar-refractivity contribution in [1.29, 1.82) is 0 Å². The summed E-state index contributed by atoms with van der Waals surface area (Å²) in [4.78, 5) is 0.0962. The second-order valence-electron chi connectivity index (χ2n) is 6.30. The smallest absolute Gasteiger partial charge is 0.264 e. The van der Waals surface area contributed by atoms with Gasteiger partial charge in [-0.1, -0.05) is 32.0 Å². The van der Waals surface area contributed by atoms with Gasteiger partial charge in [-0.15, -0.1) is 5.10 Å². The summed E-state index contributed by atoms with van der Waals surface area (Å²) in [6.07, 6.45) is 1.39. The number of hydrogen-bond acceptors (Lipinski definition) is 6. The first-order chi connectivity index (χ1) is 12.9. The van der Waals surface area contributed by atoms with Crippen LogP contribution in [0.1, 0.15) is 25.3 Å². The van der Waals surface area contributed by atoms with E-state index in [4.69, 9.17) is 0 Å². The molecule has 0 radical (unpaired) electrons. The largest absolute Gasteiger partial charge is 0.394 e. The van der Waals surface area contributed by atoms with Gasteiger partial charge in [0.15, 0.2) is 0 Å². The number of aliphatic hydroxyl groups is 1. The van der Waals surface area contributed by atoms with Crippen molar-refractivity contribution in [3.05, 3.63) is 60.4 Å². The second kappa shape index (κ2) is 7.85. The molecule has 0 amide bonds. The maximum atomic E-state index is 13.3. The van der Waals surface area contributed by atoms with E-state index in [9.17, 15) is 13.5 Å². The number of rotatable bonds is 7. The summed E-state index contributed by atoms with van der Waals surface area (Å²) in [5, 5.41) is 20.4. The Hall–Kier alpha value is -2.78. The summed E-state index contributed by atoms with van der Waals surface area (Å²) in [6.45, 7) is 3.75. The highest BCUT2D eigenvalue weighted by molar-refractivity contribution is 7.92. The molecule has 0 aliphatic rings. The van der Waals surface area contributed by atoms with E-state index < -0.39 is 10.0 Å². The molecular formula is C18H21N5O3S. The van der Waals surface area contributed by atoms with Gasteiger partial charge in [0, 0.05) is 0 Å². The van der Waals surface area contributed by atoms with Crippen LogP contribution in [-0.4, -0.2) is 46.9 Å².